The highest BCUT2D eigenvalue weighted by Crippen LogP contribution is 2.49. The van der Waals surface area contributed by atoms with Gasteiger partial charge in [-0.3, -0.25) is 0 Å². The van der Waals surface area contributed by atoms with Crippen LogP contribution >= 0.6 is 0 Å². The molecule has 0 aliphatic rings. The molecule has 0 amide bonds. The Bertz CT molecular complexity index is 3830. The van der Waals surface area contributed by atoms with E-state index in [-0.39, 0.29) is 11.1 Å². The number of rotatable bonds is 18. The van der Waals surface area contributed by atoms with Gasteiger partial charge in [-0.05, 0) is 197 Å². The van der Waals surface area contributed by atoms with Crippen molar-refractivity contribution in [3.05, 3.63) is 351 Å². The minimum Gasteiger partial charge on any atom is -0.311 e. The van der Waals surface area contributed by atoms with Crippen LogP contribution in [0.1, 0.15) is 29.2 Å². The monoisotopic (exact) mass is 1120 g/mol. The van der Waals surface area contributed by atoms with Crippen molar-refractivity contribution in [3.63, 3.8) is 0 Å². The lowest BCUT2D eigenvalue weighted by Gasteiger charge is -2.34. The number of benzene rings is 12. The van der Waals surface area contributed by atoms with Crippen molar-refractivity contribution in [1.29, 1.82) is 0 Å². The van der Waals surface area contributed by atoms with E-state index in [0.29, 0.717) is 11.4 Å². The van der Waals surface area contributed by atoms with Gasteiger partial charge in [-0.25, -0.2) is 0 Å². The van der Waals surface area contributed by atoms with Crippen LogP contribution in [-0.2, 0) is 5.41 Å². The lowest BCUT2D eigenvalue weighted by molar-refractivity contribution is -0.173. The Morgan fingerprint density at radius 2 is 0.419 bits per heavy atom. The minimum atomic E-state index is -4.65. The Morgan fingerprint density at radius 3 is 0.605 bits per heavy atom. The maximum Gasteiger partial charge on any atom is 0.402 e. The van der Waals surface area contributed by atoms with E-state index in [0.717, 1.165) is 90.3 Å². The highest BCUT2D eigenvalue weighted by atomic mass is 19.4. The highest BCUT2D eigenvalue weighted by Gasteiger charge is 2.53. The summed E-state index contributed by atoms with van der Waals surface area (Å²) in [6, 6.07) is 104. The first-order valence-electron chi connectivity index (χ1n) is 28.6. The zero-order valence-electron chi connectivity index (χ0n) is 47.5. The number of halogens is 3. The van der Waals surface area contributed by atoms with Crippen LogP contribution in [0.5, 0.6) is 0 Å². The fourth-order valence-electron chi connectivity index (χ4n) is 11.2. The Labute approximate surface area is 502 Å². The van der Waals surface area contributed by atoms with Crippen molar-refractivity contribution in [3.8, 4) is 22.3 Å². The molecule has 0 radical (unpaired) electrons. The molecule has 0 atom stereocenters. The fraction of sp³-hybridized carbons (Fsp3) is 0.0380. The number of alkyl halides is 3. The molecule has 0 aliphatic heterocycles. The molecular formula is C79H61F3N4. The van der Waals surface area contributed by atoms with Gasteiger partial charge in [0.05, 0.1) is 0 Å². The maximum atomic E-state index is 15.9. The van der Waals surface area contributed by atoms with E-state index in [1.807, 2.05) is 121 Å². The van der Waals surface area contributed by atoms with Gasteiger partial charge in [0.1, 0.15) is 5.41 Å². The molecule has 0 aromatic heterocycles. The first-order chi connectivity index (χ1) is 42.1. The van der Waals surface area contributed by atoms with Crippen molar-refractivity contribution in [2.24, 2.45) is 0 Å². The summed E-state index contributed by atoms with van der Waals surface area (Å²) in [5.74, 6) is 0. The molecular weight excluding hydrogens is 1060 g/mol. The summed E-state index contributed by atoms with van der Waals surface area (Å²) in [6.45, 7) is 9.16. The summed E-state index contributed by atoms with van der Waals surface area (Å²) in [7, 11) is 0. The third kappa shape index (κ3) is 11.5. The first kappa shape index (κ1) is 55.6. The molecule has 86 heavy (non-hydrogen) atoms. The van der Waals surface area contributed by atoms with Gasteiger partial charge in [0.15, 0.2) is 0 Å². The second-order valence-corrected chi connectivity index (χ2v) is 21.2. The van der Waals surface area contributed by atoms with E-state index in [1.54, 1.807) is 60.7 Å². The Hall–Kier alpha value is -10.9. The smallest absolute Gasteiger partial charge is 0.311 e. The van der Waals surface area contributed by atoms with Crippen LogP contribution in [0.2, 0.25) is 0 Å². The van der Waals surface area contributed by atoms with Gasteiger partial charge in [0, 0.05) is 68.2 Å². The van der Waals surface area contributed by atoms with Gasteiger partial charge in [-0.2, -0.15) is 13.2 Å². The van der Waals surface area contributed by atoms with Crippen LogP contribution in [-0.4, -0.2) is 6.18 Å². The first-order valence-corrected chi connectivity index (χ1v) is 28.6. The van der Waals surface area contributed by atoms with Crippen LogP contribution in [0.15, 0.2) is 329 Å². The third-order valence-electron chi connectivity index (χ3n) is 16.0. The quantitative estimate of drug-likeness (QED) is 0.0849. The van der Waals surface area contributed by atoms with E-state index >= 15 is 13.2 Å². The van der Waals surface area contributed by atoms with Crippen molar-refractivity contribution < 1.29 is 13.2 Å². The zero-order chi connectivity index (χ0) is 59.0. The van der Waals surface area contributed by atoms with E-state index in [1.165, 1.54) is 6.92 Å². The number of hydrogen-bond donors (Lipinski definition) is 0. The lowest BCUT2D eigenvalue weighted by Crippen LogP contribution is -2.40. The predicted molar refractivity (Wildman–Crippen MR) is 355 cm³/mol. The van der Waals surface area contributed by atoms with Gasteiger partial charge in [-0.15, -0.1) is 0 Å². The second kappa shape index (κ2) is 24.5. The summed E-state index contributed by atoms with van der Waals surface area (Å²) in [5.41, 5.74) is 15.0. The largest absolute Gasteiger partial charge is 0.402 e. The second-order valence-electron chi connectivity index (χ2n) is 21.2. The average Bonchev–Trinajstić information content (AvgIpc) is 1.21. The number of anilines is 12. The number of hydrogen-bond acceptors (Lipinski definition) is 4. The van der Waals surface area contributed by atoms with E-state index < -0.39 is 11.6 Å². The molecule has 0 fully saturated rings. The lowest BCUT2D eigenvalue weighted by atomic mass is 9.75. The minimum absolute atomic E-state index is 0.119. The number of nitrogens with zero attached hydrogens (tertiary/aromatic N) is 4. The van der Waals surface area contributed by atoms with Gasteiger partial charge < -0.3 is 19.6 Å². The molecule has 418 valence electrons. The highest BCUT2D eigenvalue weighted by molar-refractivity contribution is 5.84. The van der Waals surface area contributed by atoms with Gasteiger partial charge in [0.25, 0.3) is 0 Å². The molecule has 0 bridgehead atoms. The summed E-state index contributed by atoms with van der Waals surface area (Å²) >= 11 is 0. The maximum absolute atomic E-state index is 15.9. The standard InChI is InChI=1S/C79H61F3N4/c1-4-58-26-42-70(43-27-58)85(74-50-34-62(35-51-74)60-30-46-72(47-31-60)83(66-18-10-6-11-19-66)67-20-12-7-13-21-67)76-54-38-64(39-55-76)78(3,79(80,81)82)65-40-56-77(57-41-65)86(71-44-28-59(5-2)29-45-71)75-52-36-63(37-53-75)61-32-48-73(49-33-61)84(68-22-14-8-15-23-68)69-24-16-9-17-25-69/h4-57H,1-2H2,3H3. The summed E-state index contributed by atoms with van der Waals surface area (Å²) in [5, 5.41) is 0. The molecule has 0 saturated carbocycles. The van der Waals surface area contributed by atoms with Crippen molar-refractivity contribution in [1.82, 2.24) is 0 Å². The molecule has 4 nitrogen and oxygen atoms in total. The Kier molecular flexibility index (Phi) is 15.9. The molecule has 12 aromatic rings. The molecule has 0 unspecified atom stereocenters. The van der Waals surface area contributed by atoms with Crippen LogP contribution < -0.4 is 19.6 Å². The van der Waals surface area contributed by atoms with Crippen molar-refractivity contribution in [2.45, 2.75) is 18.5 Å². The summed E-state index contributed by atoms with van der Waals surface area (Å²) in [4.78, 5) is 8.58. The van der Waals surface area contributed by atoms with Crippen LogP contribution in [0.25, 0.3) is 34.4 Å². The number of para-hydroxylation sites is 4. The van der Waals surface area contributed by atoms with Crippen LogP contribution in [0, 0.1) is 0 Å². The SMILES string of the molecule is C=Cc1ccc(N(c2ccc(-c3ccc(N(c4ccccc4)c4ccccc4)cc3)cc2)c2ccc(C(C)(c3ccc(N(c4ccc(C=C)cc4)c4ccc(-c5ccc(N(c6ccccc6)c6ccccc6)cc5)cc4)cc3)C(F)(F)F)cc2)cc1. The molecule has 0 saturated heterocycles. The average molecular weight is 1120 g/mol. The zero-order valence-corrected chi connectivity index (χ0v) is 47.5. The molecule has 0 N–H and O–H groups in total. The Morgan fingerprint density at radius 1 is 0.244 bits per heavy atom. The normalized spacial score (nSPS) is 11.3. The van der Waals surface area contributed by atoms with Gasteiger partial charge in [0.2, 0.25) is 0 Å². The van der Waals surface area contributed by atoms with E-state index in [4.69, 9.17) is 0 Å². The van der Waals surface area contributed by atoms with Gasteiger partial charge >= 0.3 is 6.18 Å². The van der Waals surface area contributed by atoms with E-state index in [9.17, 15) is 0 Å². The molecule has 0 aliphatic carbocycles. The molecule has 0 heterocycles. The molecule has 12 rings (SSSR count). The van der Waals surface area contributed by atoms with E-state index in [2.05, 4.69) is 178 Å². The molecule has 7 heteroatoms. The van der Waals surface area contributed by atoms with Crippen molar-refractivity contribution >= 4 is 80.4 Å². The fourth-order valence-corrected chi connectivity index (χ4v) is 11.2. The Balaban J connectivity index is 0.823. The predicted octanol–water partition coefficient (Wildman–Crippen LogP) is 23.1. The topological polar surface area (TPSA) is 13.0 Å². The molecule has 12 aromatic carbocycles. The molecule has 0 spiro atoms. The third-order valence-corrected chi connectivity index (χ3v) is 16.0. The van der Waals surface area contributed by atoms with Crippen LogP contribution in [0.3, 0.4) is 0 Å². The van der Waals surface area contributed by atoms with Crippen LogP contribution in [0.4, 0.5) is 81.4 Å². The summed E-state index contributed by atoms with van der Waals surface area (Å²) in [6.07, 6.45) is -1.08. The summed E-state index contributed by atoms with van der Waals surface area (Å²) < 4.78 is 47.8. The van der Waals surface area contributed by atoms with Crippen molar-refractivity contribution in [2.75, 3.05) is 19.6 Å². The van der Waals surface area contributed by atoms with Gasteiger partial charge in [-0.1, -0.05) is 195 Å².